The summed E-state index contributed by atoms with van der Waals surface area (Å²) in [6.07, 6.45) is 0. The van der Waals surface area contributed by atoms with Crippen molar-refractivity contribution >= 4 is 35.0 Å². The Kier molecular flexibility index (Phi) is 6.78. The van der Waals surface area contributed by atoms with E-state index in [1.54, 1.807) is 24.3 Å². The van der Waals surface area contributed by atoms with Crippen LogP contribution in [0.1, 0.15) is 20.7 Å². The van der Waals surface area contributed by atoms with Gasteiger partial charge in [-0.15, -0.1) is 0 Å². The number of hydrogen-bond acceptors (Lipinski definition) is 9. The monoisotopic (exact) mass is 470 g/mol. The van der Waals surface area contributed by atoms with Crippen molar-refractivity contribution in [2.24, 2.45) is 14.1 Å². The van der Waals surface area contributed by atoms with E-state index in [0.717, 1.165) is 27.3 Å². The lowest BCUT2D eigenvalue weighted by Gasteiger charge is -2.11. The average Bonchev–Trinajstić information content (AvgIpc) is 2.80. The molecule has 11 nitrogen and oxygen atoms in total. The van der Waals surface area contributed by atoms with Gasteiger partial charge in [0.25, 0.3) is 11.2 Å². The molecular formula is C21H18N4O7S. The Morgan fingerprint density at radius 3 is 2.39 bits per heavy atom. The maximum Gasteiger partial charge on any atom is 0.338 e. The van der Waals surface area contributed by atoms with Gasteiger partial charge in [-0.1, -0.05) is 30.0 Å². The third-order valence-electron chi connectivity index (χ3n) is 4.69. The number of esters is 1. The number of ether oxygens (including phenoxy) is 1. The number of rotatable bonds is 7. The highest BCUT2D eigenvalue weighted by Crippen LogP contribution is 2.35. The molecule has 170 valence electrons. The van der Waals surface area contributed by atoms with Crippen LogP contribution in [-0.2, 0) is 18.8 Å². The van der Waals surface area contributed by atoms with Gasteiger partial charge in [0.1, 0.15) is 11.4 Å². The molecule has 3 rings (SSSR count). The van der Waals surface area contributed by atoms with Crippen LogP contribution in [0.5, 0.6) is 0 Å². The summed E-state index contributed by atoms with van der Waals surface area (Å²) in [7, 11) is 2.47. The number of carbonyl (C=O) groups excluding carboxylic acids is 2. The number of nitro groups is 1. The van der Waals surface area contributed by atoms with Crippen molar-refractivity contribution in [3.8, 4) is 0 Å². The van der Waals surface area contributed by atoms with Crippen molar-refractivity contribution in [3.63, 3.8) is 0 Å². The molecule has 0 aliphatic heterocycles. The average molecular weight is 470 g/mol. The Balaban J connectivity index is 1.80. The van der Waals surface area contributed by atoms with Crippen molar-refractivity contribution in [1.29, 1.82) is 0 Å². The Hall–Kier alpha value is -4.19. The predicted molar refractivity (Wildman–Crippen MR) is 120 cm³/mol. The molecule has 0 bridgehead atoms. The number of anilines is 1. The summed E-state index contributed by atoms with van der Waals surface area (Å²) >= 11 is 1.16. The highest BCUT2D eigenvalue weighted by molar-refractivity contribution is 7.99. The minimum Gasteiger partial charge on any atom is -0.454 e. The van der Waals surface area contributed by atoms with Crippen LogP contribution in [-0.4, -0.2) is 32.4 Å². The van der Waals surface area contributed by atoms with E-state index >= 15 is 0 Å². The molecule has 0 radical (unpaired) electrons. The number of nitrogen functional groups attached to an aromatic ring is 1. The van der Waals surface area contributed by atoms with Crippen molar-refractivity contribution < 1.29 is 19.2 Å². The van der Waals surface area contributed by atoms with Gasteiger partial charge in [-0.2, -0.15) is 0 Å². The second-order valence-corrected chi connectivity index (χ2v) is 7.94. The number of Topliss-reactive ketones (excluding diaryl/α,β-unsaturated/α-hetero) is 1. The number of carbonyl (C=O) groups is 2. The summed E-state index contributed by atoms with van der Waals surface area (Å²) in [6.45, 7) is -0.842. The number of hydrogen-bond donors (Lipinski definition) is 1. The van der Waals surface area contributed by atoms with Gasteiger partial charge in [-0.05, 0) is 24.3 Å². The topological polar surface area (TPSA) is 157 Å². The van der Waals surface area contributed by atoms with Crippen LogP contribution in [0, 0.1) is 10.1 Å². The summed E-state index contributed by atoms with van der Waals surface area (Å²) in [6, 6.07) is 12.8. The third kappa shape index (κ3) is 4.85. The molecule has 0 amide bonds. The molecule has 1 heterocycles. The maximum atomic E-state index is 12.5. The molecule has 3 aromatic rings. The first-order valence-corrected chi connectivity index (χ1v) is 10.2. The molecule has 2 aromatic carbocycles. The van der Waals surface area contributed by atoms with E-state index in [2.05, 4.69) is 0 Å². The van der Waals surface area contributed by atoms with Crippen molar-refractivity contribution in [2.45, 2.75) is 9.79 Å². The zero-order valence-corrected chi connectivity index (χ0v) is 18.3. The molecule has 0 fully saturated rings. The van der Waals surface area contributed by atoms with Gasteiger partial charge in [0.05, 0.1) is 15.4 Å². The van der Waals surface area contributed by atoms with E-state index in [-0.39, 0.29) is 17.1 Å². The minimum absolute atomic E-state index is 0.145. The Morgan fingerprint density at radius 1 is 1.09 bits per heavy atom. The number of benzene rings is 2. The second kappa shape index (κ2) is 9.53. The van der Waals surface area contributed by atoms with Crippen LogP contribution in [0.4, 0.5) is 11.5 Å². The first-order valence-electron chi connectivity index (χ1n) is 9.39. The van der Waals surface area contributed by atoms with Crippen LogP contribution >= 0.6 is 11.8 Å². The molecule has 0 atom stereocenters. The zero-order valence-electron chi connectivity index (χ0n) is 17.5. The first kappa shape index (κ1) is 23.5. The number of nitro benzene ring substituents is 1. The molecule has 2 N–H and O–H groups in total. The molecule has 0 aliphatic carbocycles. The van der Waals surface area contributed by atoms with Crippen LogP contribution in [0.2, 0.25) is 0 Å². The van der Waals surface area contributed by atoms with Gasteiger partial charge in [0.2, 0.25) is 5.78 Å². The Morgan fingerprint density at radius 2 is 1.76 bits per heavy atom. The molecule has 1 aromatic heterocycles. The lowest BCUT2D eigenvalue weighted by Crippen LogP contribution is -2.42. The molecule has 0 unspecified atom stereocenters. The highest BCUT2D eigenvalue weighted by Gasteiger charge is 2.23. The van der Waals surface area contributed by atoms with Crippen molar-refractivity contribution in [2.75, 3.05) is 12.3 Å². The number of ketones is 1. The minimum atomic E-state index is -0.997. The highest BCUT2D eigenvalue weighted by atomic mass is 32.2. The molecule has 0 saturated heterocycles. The molecule has 0 spiro atoms. The zero-order chi connectivity index (χ0) is 24.3. The number of aromatic nitrogens is 2. The normalized spacial score (nSPS) is 10.6. The molecule has 0 saturated carbocycles. The van der Waals surface area contributed by atoms with Crippen LogP contribution in [0.15, 0.2) is 67.9 Å². The summed E-state index contributed by atoms with van der Waals surface area (Å²) < 4.78 is 6.57. The quantitative estimate of drug-likeness (QED) is 0.235. The van der Waals surface area contributed by atoms with Gasteiger partial charge in [0.15, 0.2) is 6.61 Å². The molecular weight excluding hydrogens is 452 g/mol. The summed E-state index contributed by atoms with van der Waals surface area (Å²) in [5.74, 6) is -2.27. The summed E-state index contributed by atoms with van der Waals surface area (Å²) in [5.41, 5.74) is 3.14. The van der Waals surface area contributed by atoms with E-state index in [9.17, 15) is 29.3 Å². The Labute approximate surface area is 190 Å². The van der Waals surface area contributed by atoms with Crippen LogP contribution in [0.25, 0.3) is 0 Å². The third-order valence-corrected chi connectivity index (χ3v) is 5.76. The first-order chi connectivity index (χ1) is 15.6. The molecule has 12 heteroatoms. The number of nitrogens with zero attached hydrogens (tertiary/aromatic N) is 3. The maximum absolute atomic E-state index is 12.5. The Bertz CT molecular complexity index is 1380. The fraction of sp³-hybridized carbons (Fsp3) is 0.143. The lowest BCUT2D eigenvalue weighted by atomic mass is 10.2. The summed E-state index contributed by atoms with van der Waals surface area (Å²) in [4.78, 5) is 61.0. The number of nitrogens with two attached hydrogens (primary N) is 1. The van der Waals surface area contributed by atoms with Crippen molar-refractivity contribution in [1.82, 2.24) is 9.13 Å². The SMILES string of the molecule is Cn1c(N)c(C(=O)COC(=O)c2ccc(Sc3ccccc3)c([N+](=O)[O-])c2)c(=O)n(C)c1=O. The van der Waals surface area contributed by atoms with Gasteiger partial charge in [-0.3, -0.25) is 28.8 Å². The fourth-order valence-corrected chi connectivity index (χ4v) is 3.82. The fourth-order valence-electron chi connectivity index (χ4n) is 2.90. The molecule has 33 heavy (non-hydrogen) atoms. The van der Waals surface area contributed by atoms with Gasteiger partial charge >= 0.3 is 11.7 Å². The van der Waals surface area contributed by atoms with Gasteiger partial charge in [0, 0.05) is 25.1 Å². The molecule has 0 aliphatic rings. The standard InChI is InChI=1S/C21H18N4O7S/c1-23-18(22)17(19(27)24(2)21(23)29)15(26)11-32-20(28)12-8-9-16(14(10-12)25(30)31)33-13-6-4-3-5-7-13/h3-10H,11,22H2,1-2H3. The largest absolute Gasteiger partial charge is 0.454 e. The van der Waals surface area contributed by atoms with Gasteiger partial charge < -0.3 is 10.5 Å². The summed E-state index contributed by atoms with van der Waals surface area (Å²) in [5, 5.41) is 11.5. The second-order valence-electron chi connectivity index (χ2n) is 6.82. The predicted octanol–water partition coefficient (Wildman–Crippen LogP) is 1.77. The van der Waals surface area contributed by atoms with Gasteiger partial charge in [-0.25, -0.2) is 9.59 Å². The van der Waals surface area contributed by atoms with E-state index in [1.807, 2.05) is 6.07 Å². The smallest absolute Gasteiger partial charge is 0.338 e. The van der Waals surface area contributed by atoms with E-state index in [0.29, 0.717) is 9.46 Å². The van der Waals surface area contributed by atoms with E-state index in [1.165, 1.54) is 26.2 Å². The van der Waals surface area contributed by atoms with Crippen LogP contribution in [0.3, 0.4) is 0 Å². The van der Waals surface area contributed by atoms with Crippen LogP contribution < -0.4 is 17.0 Å². The van der Waals surface area contributed by atoms with E-state index in [4.69, 9.17) is 10.5 Å². The lowest BCUT2D eigenvalue weighted by molar-refractivity contribution is -0.387. The van der Waals surface area contributed by atoms with E-state index < -0.39 is 40.1 Å². The van der Waals surface area contributed by atoms with Crippen molar-refractivity contribution in [3.05, 3.63) is 90.6 Å².